The van der Waals surface area contributed by atoms with Crippen molar-refractivity contribution in [2.45, 2.75) is 25.7 Å². The topological polar surface area (TPSA) is 34.9 Å². The molecule has 0 amide bonds. The molecular formula is C14H14N2O. The van der Waals surface area contributed by atoms with Gasteiger partial charge in [0.2, 0.25) is 0 Å². The molecule has 1 heterocycles. The number of nitrogens with zero attached hydrogens (tertiary/aromatic N) is 2. The van der Waals surface area contributed by atoms with Crippen molar-refractivity contribution >= 4 is 6.29 Å². The van der Waals surface area contributed by atoms with Gasteiger partial charge in [0.15, 0.2) is 0 Å². The molecule has 1 saturated carbocycles. The highest BCUT2D eigenvalue weighted by molar-refractivity contribution is 5.77. The molecule has 1 aliphatic rings. The highest BCUT2D eigenvalue weighted by Gasteiger charge is 2.25. The molecule has 17 heavy (non-hydrogen) atoms. The number of aldehydes is 1. The largest absolute Gasteiger partial charge is 0.298 e. The highest BCUT2D eigenvalue weighted by Crippen LogP contribution is 2.39. The van der Waals surface area contributed by atoms with Crippen LogP contribution in [0.3, 0.4) is 0 Å². The van der Waals surface area contributed by atoms with Crippen molar-refractivity contribution in [2.24, 2.45) is 0 Å². The van der Waals surface area contributed by atoms with Gasteiger partial charge in [-0.05, 0) is 49.6 Å². The molecule has 2 aromatic rings. The van der Waals surface area contributed by atoms with Gasteiger partial charge in [0.05, 0.1) is 11.4 Å². The highest BCUT2D eigenvalue weighted by atomic mass is 16.1. The summed E-state index contributed by atoms with van der Waals surface area (Å²) in [4.78, 5) is 10.8. The zero-order valence-electron chi connectivity index (χ0n) is 9.76. The van der Waals surface area contributed by atoms with Crippen LogP contribution in [0.2, 0.25) is 0 Å². The van der Waals surface area contributed by atoms with Crippen LogP contribution in [-0.4, -0.2) is 16.1 Å². The van der Waals surface area contributed by atoms with Crippen LogP contribution in [0.25, 0.3) is 5.69 Å². The number of hydrogen-bond donors (Lipinski definition) is 0. The summed E-state index contributed by atoms with van der Waals surface area (Å²) >= 11 is 0. The molecule has 1 aromatic carbocycles. The van der Waals surface area contributed by atoms with Gasteiger partial charge in [0.25, 0.3) is 0 Å². The number of hydrogen-bond acceptors (Lipinski definition) is 2. The number of carbonyl (C=O) groups is 1. The smallest absolute Gasteiger partial charge is 0.150 e. The number of carbonyl (C=O) groups excluding carboxylic acids is 1. The number of benzene rings is 1. The van der Waals surface area contributed by atoms with E-state index in [-0.39, 0.29) is 0 Å². The predicted octanol–water partition coefficient (Wildman–Crippen LogP) is 2.87. The Morgan fingerprint density at radius 1 is 1.35 bits per heavy atom. The fourth-order valence-electron chi connectivity index (χ4n) is 2.01. The van der Waals surface area contributed by atoms with Crippen LogP contribution in [0, 0.1) is 6.92 Å². The molecule has 0 atom stereocenters. The molecule has 0 saturated heterocycles. The van der Waals surface area contributed by atoms with E-state index in [0.717, 1.165) is 23.1 Å². The zero-order chi connectivity index (χ0) is 11.8. The van der Waals surface area contributed by atoms with E-state index in [4.69, 9.17) is 0 Å². The number of rotatable bonds is 3. The van der Waals surface area contributed by atoms with Crippen LogP contribution in [0.4, 0.5) is 0 Å². The fourth-order valence-corrected chi connectivity index (χ4v) is 2.01. The summed E-state index contributed by atoms with van der Waals surface area (Å²) in [5.41, 5.74) is 3.92. The summed E-state index contributed by atoms with van der Waals surface area (Å²) < 4.78 is 1.88. The van der Waals surface area contributed by atoms with E-state index in [0.29, 0.717) is 5.92 Å². The lowest BCUT2D eigenvalue weighted by Crippen LogP contribution is -1.97. The lowest BCUT2D eigenvalue weighted by atomic mass is 10.1. The van der Waals surface area contributed by atoms with E-state index < -0.39 is 0 Å². The summed E-state index contributed by atoms with van der Waals surface area (Å²) in [6.45, 7) is 1.94. The van der Waals surface area contributed by atoms with Gasteiger partial charge in [-0.25, -0.2) is 4.68 Å². The maximum absolute atomic E-state index is 10.8. The second-order valence-electron chi connectivity index (χ2n) is 4.62. The Labute approximate surface area is 100 Å². The van der Waals surface area contributed by atoms with E-state index >= 15 is 0 Å². The van der Waals surface area contributed by atoms with Gasteiger partial charge in [-0.15, -0.1) is 0 Å². The van der Waals surface area contributed by atoms with Crippen molar-refractivity contribution < 1.29 is 4.79 Å². The Bertz CT molecular complexity index is 567. The Morgan fingerprint density at radius 2 is 2.18 bits per heavy atom. The van der Waals surface area contributed by atoms with Crippen molar-refractivity contribution in [1.29, 1.82) is 0 Å². The average molecular weight is 226 g/mol. The van der Waals surface area contributed by atoms with E-state index in [1.807, 2.05) is 36.0 Å². The van der Waals surface area contributed by atoms with Crippen molar-refractivity contribution in [3.8, 4) is 5.69 Å². The molecule has 3 heteroatoms. The zero-order valence-corrected chi connectivity index (χ0v) is 9.76. The molecule has 0 N–H and O–H groups in total. The van der Waals surface area contributed by atoms with Crippen LogP contribution < -0.4 is 0 Å². The first-order chi connectivity index (χ1) is 8.28. The van der Waals surface area contributed by atoms with E-state index in [1.165, 1.54) is 18.5 Å². The van der Waals surface area contributed by atoms with Gasteiger partial charge in [0.1, 0.15) is 6.29 Å². The van der Waals surface area contributed by atoms with Crippen molar-refractivity contribution in [1.82, 2.24) is 9.78 Å². The van der Waals surface area contributed by atoms with Crippen LogP contribution >= 0.6 is 0 Å². The SMILES string of the molecule is Cc1cc(-n2ccc(C3CC3)n2)ccc1C=O. The lowest BCUT2D eigenvalue weighted by molar-refractivity contribution is 0.112. The molecular weight excluding hydrogens is 212 g/mol. The van der Waals surface area contributed by atoms with E-state index in [1.54, 1.807) is 0 Å². The molecule has 1 fully saturated rings. The Kier molecular flexibility index (Phi) is 2.32. The molecule has 0 aliphatic heterocycles. The molecule has 86 valence electrons. The second-order valence-corrected chi connectivity index (χ2v) is 4.62. The van der Waals surface area contributed by atoms with E-state index in [9.17, 15) is 4.79 Å². The molecule has 3 nitrogen and oxygen atoms in total. The monoisotopic (exact) mass is 226 g/mol. The standard InChI is InChI=1S/C14H14N2O/c1-10-8-13(5-4-12(10)9-17)16-7-6-14(15-16)11-2-3-11/h4-9,11H,2-3H2,1H3. The molecule has 0 spiro atoms. The van der Waals surface area contributed by atoms with Crippen molar-refractivity contribution in [3.05, 3.63) is 47.3 Å². The van der Waals surface area contributed by atoms with Crippen LogP contribution in [0.15, 0.2) is 30.5 Å². The summed E-state index contributed by atoms with van der Waals surface area (Å²) in [7, 11) is 0. The second kappa shape index (κ2) is 3.84. The maximum atomic E-state index is 10.8. The molecule has 0 unspecified atom stereocenters. The van der Waals surface area contributed by atoms with Crippen molar-refractivity contribution in [3.63, 3.8) is 0 Å². The predicted molar refractivity (Wildman–Crippen MR) is 65.7 cm³/mol. The fraction of sp³-hybridized carbons (Fsp3) is 0.286. The minimum Gasteiger partial charge on any atom is -0.298 e. The summed E-state index contributed by atoms with van der Waals surface area (Å²) in [5, 5.41) is 4.57. The first-order valence-electron chi connectivity index (χ1n) is 5.90. The van der Waals surface area contributed by atoms with Gasteiger partial charge in [-0.1, -0.05) is 0 Å². The van der Waals surface area contributed by atoms with Gasteiger partial charge in [-0.3, -0.25) is 4.79 Å². The van der Waals surface area contributed by atoms with Gasteiger partial charge in [-0.2, -0.15) is 5.10 Å². The average Bonchev–Trinajstić information content (AvgIpc) is 3.07. The Morgan fingerprint density at radius 3 is 2.82 bits per heavy atom. The van der Waals surface area contributed by atoms with Gasteiger partial charge < -0.3 is 0 Å². The number of aromatic nitrogens is 2. The van der Waals surface area contributed by atoms with Gasteiger partial charge in [0, 0.05) is 17.7 Å². The normalized spacial score (nSPS) is 14.9. The summed E-state index contributed by atoms with van der Waals surface area (Å²) in [5.74, 6) is 0.673. The minimum atomic E-state index is 0.673. The quantitative estimate of drug-likeness (QED) is 0.754. The number of aryl methyl sites for hydroxylation is 1. The van der Waals surface area contributed by atoms with E-state index in [2.05, 4.69) is 11.2 Å². The lowest BCUT2D eigenvalue weighted by Gasteiger charge is -2.04. The minimum absolute atomic E-state index is 0.673. The van der Waals surface area contributed by atoms with Crippen LogP contribution in [0.5, 0.6) is 0 Å². The van der Waals surface area contributed by atoms with Gasteiger partial charge >= 0.3 is 0 Å². The molecule has 3 rings (SSSR count). The third kappa shape index (κ3) is 1.88. The first kappa shape index (κ1) is 10.3. The molecule has 1 aromatic heterocycles. The van der Waals surface area contributed by atoms with Crippen LogP contribution in [-0.2, 0) is 0 Å². The molecule has 1 aliphatic carbocycles. The molecule has 0 bridgehead atoms. The van der Waals surface area contributed by atoms with Crippen molar-refractivity contribution in [2.75, 3.05) is 0 Å². The van der Waals surface area contributed by atoms with Crippen LogP contribution in [0.1, 0.15) is 40.4 Å². The Balaban J connectivity index is 1.96. The third-order valence-corrected chi connectivity index (χ3v) is 3.25. The Hall–Kier alpha value is -1.90. The molecule has 0 radical (unpaired) electrons. The summed E-state index contributed by atoms with van der Waals surface area (Å²) in [6, 6.07) is 7.85. The third-order valence-electron chi connectivity index (χ3n) is 3.25. The summed E-state index contributed by atoms with van der Waals surface area (Å²) in [6.07, 6.45) is 5.40. The first-order valence-corrected chi connectivity index (χ1v) is 5.90. The maximum Gasteiger partial charge on any atom is 0.150 e.